The zero-order chi connectivity index (χ0) is 6.97. The fourth-order valence-corrected chi connectivity index (χ4v) is 0.983. The van der Waals surface area contributed by atoms with Crippen LogP contribution in [0.4, 0.5) is 0 Å². The molecule has 0 bridgehead atoms. The van der Waals surface area contributed by atoms with Gasteiger partial charge in [0.15, 0.2) is 0 Å². The summed E-state index contributed by atoms with van der Waals surface area (Å²) in [5.41, 5.74) is 0.648. The summed E-state index contributed by atoms with van der Waals surface area (Å²) in [6, 6.07) is 1.77. The van der Waals surface area contributed by atoms with E-state index in [0.29, 0.717) is 12.3 Å². The molecule has 3 nitrogen and oxygen atoms in total. The van der Waals surface area contributed by atoms with Crippen LogP contribution in [0.5, 0.6) is 5.88 Å². The van der Waals surface area contributed by atoms with Crippen LogP contribution in [-0.4, -0.2) is 16.4 Å². The molecular formula is C7H6N2O. The van der Waals surface area contributed by atoms with Crippen molar-refractivity contribution < 1.29 is 4.74 Å². The van der Waals surface area contributed by atoms with E-state index in [1.54, 1.807) is 10.7 Å². The van der Waals surface area contributed by atoms with Gasteiger partial charge in [-0.05, 0) is 5.92 Å². The van der Waals surface area contributed by atoms with Crippen LogP contribution in [0, 0.1) is 12.3 Å². The molecule has 1 aliphatic rings. The maximum Gasteiger partial charge on any atom is 0.213 e. The Morgan fingerprint density at radius 1 is 1.80 bits per heavy atom. The monoisotopic (exact) mass is 134 g/mol. The predicted octanol–water partition coefficient (Wildman–Crippen LogP) is 0.257. The van der Waals surface area contributed by atoms with Gasteiger partial charge in [0.25, 0.3) is 0 Å². The Bertz CT molecular complexity index is 274. The van der Waals surface area contributed by atoms with Crippen LogP contribution in [0.1, 0.15) is 5.69 Å². The molecule has 0 aliphatic carbocycles. The largest absolute Gasteiger partial charge is 0.476 e. The van der Waals surface area contributed by atoms with Gasteiger partial charge in [0.2, 0.25) is 5.88 Å². The highest BCUT2D eigenvalue weighted by molar-refractivity contribution is 5.29. The lowest BCUT2D eigenvalue weighted by Gasteiger charge is -1.85. The van der Waals surface area contributed by atoms with E-state index >= 15 is 0 Å². The molecule has 1 aromatic rings. The van der Waals surface area contributed by atoms with Gasteiger partial charge < -0.3 is 4.74 Å². The molecule has 0 amide bonds. The zero-order valence-electron chi connectivity index (χ0n) is 5.37. The third-order valence-corrected chi connectivity index (χ3v) is 1.44. The van der Waals surface area contributed by atoms with E-state index in [0.717, 1.165) is 12.4 Å². The zero-order valence-corrected chi connectivity index (χ0v) is 5.37. The molecule has 1 aromatic heterocycles. The molecule has 50 valence electrons. The van der Waals surface area contributed by atoms with Crippen LogP contribution in [0.15, 0.2) is 6.07 Å². The molecule has 2 heterocycles. The van der Waals surface area contributed by atoms with E-state index in [1.165, 1.54) is 0 Å². The Morgan fingerprint density at radius 3 is 3.40 bits per heavy atom. The molecular weight excluding hydrogens is 128 g/mol. The number of nitrogens with zero attached hydrogens (tertiary/aromatic N) is 2. The number of hydrogen-bond donors (Lipinski definition) is 0. The summed E-state index contributed by atoms with van der Waals surface area (Å²) in [4.78, 5) is 0. The lowest BCUT2D eigenvalue weighted by molar-refractivity contribution is 0.356. The van der Waals surface area contributed by atoms with Crippen LogP contribution in [0.25, 0.3) is 0 Å². The number of fused-ring (bicyclic) bond motifs is 1. The minimum atomic E-state index is 0.648. The third-order valence-electron chi connectivity index (χ3n) is 1.44. The predicted molar refractivity (Wildman–Crippen MR) is 35.7 cm³/mol. The first-order valence-corrected chi connectivity index (χ1v) is 3.07. The van der Waals surface area contributed by atoms with Crippen molar-refractivity contribution in [3.05, 3.63) is 11.8 Å². The molecule has 0 aromatic carbocycles. The minimum Gasteiger partial charge on any atom is -0.476 e. The van der Waals surface area contributed by atoms with Gasteiger partial charge in [-0.2, -0.15) is 5.10 Å². The van der Waals surface area contributed by atoms with Crippen LogP contribution >= 0.6 is 0 Å². The summed E-state index contributed by atoms with van der Waals surface area (Å²) in [7, 11) is 0. The molecule has 0 atom stereocenters. The van der Waals surface area contributed by atoms with Gasteiger partial charge in [0, 0.05) is 6.07 Å². The smallest absolute Gasteiger partial charge is 0.213 e. The average Bonchev–Trinajstić information content (AvgIpc) is 2.42. The highest BCUT2D eigenvalue weighted by Crippen LogP contribution is 2.17. The molecule has 10 heavy (non-hydrogen) atoms. The van der Waals surface area contributed by atoms with Crippen molar-refractivity contribution in [1.82, 2.24) is 9.78 Å². The van der Waals surface area contributed by atoms with Crippen LogP contribution in [0.3, 0.4) is 0 Å². The summed E-state index contributed by atoms with van der Waals surface area (Å²) in [5, 5.41) is 4.06. The fraction of sp³-hybridized carbons (Fsp3) is 0.286. The lowest BCUT2D eigenvalue weighted by atomic mass is 10.4. The molecule has 0 fully saturated rings. The Hall–Kier alpha value is -1.43. The summed E-state index contributed by atoms with van der Waals surface area (Å²) >= 11 is 0. The molecule has 0 saturated heterocycles. The summed E-state index contributed by atoms with van der Waals surface area (Å²) in [6.45, 7) is 1.53. The van der Waals surface area contributed by atoms with Crippen molar-refractivity contribution in [2.75, 3.05) is 6.61 Å². The van der Waals surface area contributed by atoms with Gasteiger partial charge in [-0.15, -0.1) is 6.42 Å². The minimum absolute atomic E-state index is 0.648. The van der Waals surface area contributed by atoms with E-state index in [9.17, 15) is 0 Å². The van der Waals surface area contributed by atoms with Crippen molar-refractivity contribution in [3.63, 3.8) is 0 Å². The average molecular weight is 134 g/mol. The van der Waals surface area contributed by atoms with E-state index < -0.39 is 0 Å². The number of hydrogen-bond acceptors (Lipinski definition) is 2. The van der Waals surface area contributed by atoms with Crippen LogP contribution in [0.2, 0.25) is 0 Å². The second kappa shape index (κ2) is 1.77. The Kier molecular flexibility index (Phi) is 0.952. The molecule has 3 heteroatoms. The van der Waals surface area contributed by atoms with E-state index in [4.69, 9.17) is 11.2 Å². The number of terminal acetylenes is 1. The summed E-state index contributed by atoms with van der Waals surface area (Å²) in [5.74, 6) is 3.23. The van der Waals surface area contributed by atoms with Crippen molar-refractivity contribution in [2.24, 2.45) is 0 Å². The first-order valence-electron chi connectivity index (χ1n) is 3.07. The summed E-state index contributed by atoms with van der Waals surface area (Å²) < 4.78 is 6.96. The molecule has 0 radical (unpaired) electrons. The van der Waals surface area contributed by atoms with Gasteiger partial charge in [-0.25, -0.2) is 4.68 Å². The first kappa shape index (κ1) is 5.36. The maximum absolute atomic E-state index is 5.19. The van der Waals surface area contributed by atoms with Gasteiger partial charge in [-0.3, -0.25) is 0 Å². The van der Waals surface area contributed by atoms with E-state index in [1.807, 2.05) is 0 Å². The number of rotatable bonds is 0. The third kappa shape index (κ3) is 0.591. The van der Waals surface area contributed by atoms with Gasteiger partial charge in [0.05, 0.1) is 6.54 Å². The molecule has 0 spiro atoms. The SMILES string of the molecule is C#Cc1cc2n(n1)CCO2. The Labute approximate surface area is 58.6 Å². The number of ether oxygens (including phenoxy) is 1. The molecule has 1 aliphatic heterocycles. The van der Waals surface area contributed by atoms with Gasteiger partial charge >= 0.3 is 0 Å². The quantitative estimate of drug-likeness (QED) is 0.476. The van der Waals surface area contributed by atoms with Crippen molar-refractivity contribution in [2.45, 2.75) is 6.54 Å². The van der Waals surface area contributed by atoms with E-state index in [-0.39, 0.29) is 0 Å². The topological polar surface area (TPSA) is 27.1 Å². The second-order valence-corrected chi connectivity index (χ2v) is 2.08. The van der Waals surface area contributed by atoms with Gasteiger partial charge in [0.1, 0.15) is 12.3 Å². The maximum atomic E-state index is 5.19. The standard InChI is InChI=1S/C7H6N2O/c1-2-6-5-7-9(8-6)3-4-10-7/h1,5H,3-4H2. The fourth-order valence-electron chi connectivity index (χ4n) is 0.983. The number of aromatic nitrogens is 2. The highest BCUT2D eigenvalue weighted by Gasteiger charge is 2.12. The van der Waals surface area contributed by atoms with Crippen molar-refractivity contribution in [1.29, 1.82) is 0 Å². The molecule has 0 N–H and O–H groups in total. The van der Waals surface area contributed by atoms with Crippen molar-refractivity contribution >= 4 is 0 Å². The Balaban J connectivity index is 2.49. The van der Waals surface area contributed by atoms with E-state index in [2.05, 4.69) is 11.0 Å². The summed E-state index contributed by atoms with van der Waals surface area (Å²) in [6.07, 6.45) is 5.13. The van der Waals surface area contributed by atoms with Crippen LogP contribution < -0.4 is 4.74 Å². The second-order valence-electron chi connectivity index (χ2n) is 2.08. The highest BCUT2D eigenvalue weighted by atomic mass is 16.5. The van der Waals surface area contributed by atoms with Crippen molar-refractivity contribution in [3.8, 4) is 18.2 Å². The molecule has 2 rings (SSSR count). The molecule has 0 unspecified atom stereocenters. The van der Waals surface area contributed by atoms with Gasteiger partial charge in [-0.1, -0.05) is 0 Å². The Morgan fingerprint density at radius 2 is 2.70 bits per heavy atom. The lowest BCUT2D eigenvalue weighted by Crippen LogP contribution is -1.95. The normalized spacial score (nSPS) is 13.9. The van der Waals surface area contributed by atoms with Crippen LogP contribution in [-0.2, 0) is 6.54 Å². The molecule has 0 saturated carbocycles. The first-order chi connectivity index (χ1) is 4.90.